The predicted octanol–water partition coefficient (Wildman–Crippen LogP) is 3.94. The van der Waals surface area contributed by atoms with E-state index in [2.05, 4.69) is 9.88 Å². The molecule has 0 radical (unpaired) electrons. The minimum absolute atomic E-state index is 0.121. The molecule has 1 aromatic carbocycles. The highest BCUT2D eigenvalue weighted by atomic mass is 35.5. The summed E-state index contributed by atoms with van der Waals surface area (Å²) in [6.07, 6.45) is 2.34. The Morgan fingerprint density at radius 2 is 1.65 bits per heavy atom. The maximum absolute atomic E-state index is 13.5. The summed E-state index contributed by atoms with van der Waals surface area (Å²) in [5, 5.41) is 0.534. The third-order valence-corrected chi connectivity index (χ3v) is 7.96. The number of esters is 2. The number of aryl methyl sites for hydroxylation is 1. The molecule has 0 bridgehead atoms. The molecule has 11 heteroatoms. The van der Waals surface area contributed by atoms with Gasteiger partial charge in [-0.3, -0.25) is 19.6 Å². The molecule has 40 heavy (non-hydrogen) atoms. The Hall–Kier alpha value is -3.27. The van der Waals surface area contributed by atoms with Crippen LogP contribution in [0, 0.1) is 5.92 Å². The van der Waals surface area contributed by atoms with Crippen LogP contribution in [0.5, 0.6) is 0 Å². The first kappa shape index (κ1) is 29.7. The number of rotatable bonds is 8. The first-order valence-corrected chi connectivity index (χ1v) is 13.8. The SMILES string of the molecule is COC(=O)C1=C(CCc2ccccn2)N=C(CC(=O)N2CCN(C)CC2)C(C(=O)OC)C1c1c(Cl)cccc1Cl. The molecule has 0 saturated carbocycles. The van der Waals surface area contributed by atoms with E-state index in [4.69, 9.17) is 37.7 Å². The van der Waals surface area contributed by atoms with Crippen LogP contribution in [0.1, 0.15) is 30.0 Å². The van der Waals surface area contributed by atoms with Crippen molar-refractivity contribution in [3.63, 3.8) is 0 Å². The smallest absolute Gasteiger partial charge is 0.336 e. The molecule has 1 aromatic heterocycles. The lowest BCUT2D eigenvalue weighted by Gasteiger charge is -2.35. The van der Waals surface area contributed by atoms with Gasteiger partial charge in [0.25, 0.3) is 0 Å². The van der Waals surface area contributed by atoms with Gasteiger partial charge in [0.1, 0.15) is 5.92 Å². The Kier molecular flexibility index (Phi) is 9.95. The molecular formula is C29H32Cl2N4O5. The molecule has 0 N–H and O–H groups in total. The summed E-state index contributed by atoms with van der Waals surface area (Å²) in [5.41, 5.74) is 2.00. The fourth-order valence-electron chi connectivity index (χ4n) is 5.17. The van der Waals surface area contributed by atoms with E-state index in [-0.39, 0.29) is 27.9 Å². The van der Waals surface area contributed by atoms with Gasteiger partial charge >= 0.3 is 11.9 Å². The minimum Gasteiger partial charge on any atom is -0.468 e. The van der Waals surface area contributed by atoms with E-state index in [1.165, 1.54) is 14.2 Å². The van der Waals surface area contributed by atoms with Crippen LogP contribution in [0.2, 0.25) is 10.0 Å². The highest BCUT2D eigenvalue weighted by molar-refractivity contribution is 6.36. The topological polar surface area (TPSA) is 101 Å². The van der Waals surface area contributed by atoms with E-state index in [0.29, 0.717) is 42.9 Å². The van der Waals surface area contributed by atoms with Crippen LogP contribution in [0.4, 0.5) is 0 Å². The molecule has 1 fully saturated rings. The molecule has 0 spiro atoms. The van der Waals surface area contributed by atoms with Crippen LogP contribution in [0.15, 0.2) is 58.9 Å². The van der Waals surface area contributed by atoms with Crippen molar-refractivity contribution in [1.29, 1.82) is 0 Å². The number of nitrogens with zero attached hydrogens (tertiary/aromatic N) is 4. The third-order valence-electron chi connectivity index (χ3n) is 7.30. The van der Waals surface area contributed by atoms with Crippen LogP contribution in [0.3, 0.4) is 0 Å². The summed E-state index contributed by atoms with van der Waals surface area (Å²) < 4.78 is 10.4. The molecule has 4 rings (SSSR count). The number of halogens is 2. The van der Waals surface area contributed by atoms with Gasteiger partial charge in [-0.25, -0.2) is 4.79 Å². The molecule has 1 saturated heterocycles. The third kappa shape index (κ3) is 6.54. The van der Waals surface area contributed by atoms with Gasteiger partial charge in [0.05, 0.1) is 31.9 Å². The number of piperazine rings is 1. The number of hydrogen-bond donors (Lipinski definition) is 0. The Morgan fingerprint density at radius 1 is 0.950 bits per heavy atom. The maximum atomic E-state index is 13.5. The minimum atomic E-state index is -1.12. The quantitative estimate of drug-likeness (QED) is 0.432. The van der Waals surface area contributed by atoms with Crippen molar-refractivity contribution in [2.24, 2.45) is 10.9 Å². The molecule has 2 unspecified atom stereocenters. The number of allylic oxidation sites excluding steroid dienone is 1. The van der Waals surface area contributed by atoms with Crippen molar-refractivity contribution in [3.8, 4) is 0 Å². The second-order valence-electron chi connectivity index (χ2n) is 9.75. The zero-order valence-corrected chi connectivity index (χ0v) is 24.2. The van der Waals surface area contributed by atoms with Crippen LogP contribution < -0.4 is 0 Å². The van der Waals surface area contributed by atoms with E-state index < -0.39 is 23.8 Å². The fraction of sp³-hybridized carbons (Fsp3) is 0.414. The van der Waals surface area contributed by atoms with Crippen molar-refractivity contribution in [1.82, 2.24) is 14.8 Å². The average Bonchev–Trinajstić information content (AvgIpc) is 2.96. The number of carbonyl (C=O) groups excluding carboxylic acids is 3. The molecule has 2 aliphatic heterocycles. The van der Waals surface area contributed by atoms with Crippen molar-refractivity contribution in [2.75, 3.05) is 47.4 Å². The van der Waals surface area contributed by atoms with Gasteiger partial charge in [-0.2, -0.15) is 0 Å². The highest BCUT2D eigenvalue weighted by Crippen LogP contribution is 2.46. The Morgan fingerprint density at radius 3 is 2.25 bits per heavy atom. The number of carbonyl (C=O) groups is 3. The maximum Gasteiger partial charge on any atom is 0.336 e. The van der Waals surface area contributed by atoms with Crippen molar-refractivity contribution < 1.29 is 23.9 Å². The van der Waals surface area contributed by atoms with Crippen molar-refractivity contribution in [2.45, 2.75) is 25.2 Å². The van der Waals surface area contributed by atoms with Gasteiger partial charge in [0.2, 0.25) is 5.91 Å². The first-order valence-electron chi connectivity index (χ1n) is 13.0. The van der Waals surface area contributed by atoms with Crippen molar-refractivity contribution in [3.05, 3.63) is 75.2 Å². The Bertz CT molecular complexity index is 1300. The zero-order chi connectivity index (χ0) is 28.8. The summed E-state index contributed by atoms with van der Waals surface area (Å²) in [6.45, 7) is 2.64. The summed E-state index contributed by atoms with van der Waals surface area (Å²) in [6, 6.07) is 10.5. The molecule has 2 atom stereocenters. The van der Waals surface area contributed by atoms with Gasteiger partial charge in [0.15, 0.2) is 0 Å². The number of pyridine rings is 1. The van der Waals surface area contributed by atoms with E-state index >= 15 is 0 Å². The van der Waals surface area contributed by atoms with E-state index in [9.17, 15) is 14.4 Å². The Labute approximate surface area is 243 Å². The van der Waals surface area contributed by atoms with Gasteiger partial charge < -0.3 is 19.3 Å². The van der Waals surface area contributed by atoms with E-state index in [0.717, 1.165) is 18.8 Å². The van der Waals surface area contributed by atoms with Crippen LogP contribution in [0.25, 0.3) is 0 Å². The van der Waals surface area contributed by atoms with Crippen LogP contribution in [-0.2, 0) is 30.3 Å². The van der Waals surface area contributed by atoms with Gasteiger partial charge in [-0.1, -0.05) is 35.3 Å². The number of amides is 1. The summed E-state index contributed by atoms with van der Waals surface area (Å²) in [4.78, 5) is 53.4. The van der Waals surface area contributed by atoms with Crippen molar-refractivity contribution >= 4 is 46.8 Å². The summed E-state index contributed by atoms with van der Waals surface area (Å²) >= 11 is 13.3. The number of aliphatic imine (C=N–C) groups is 1. The molecule has 2 aliphatic rings. The molecule has 9 nitrogen and oxygen atoms in total. The normalized spacial score (nSPS) is 19.7. The zero-order valence-electron chi connectivity index (χ0n) is 22.7. The second-order valence-corrected chi connectivity index (χ2v) is 10.6. The summed E-state index contributed by atoms with van der Waals surface area (Å²) in [5.74, 6) is -3.58. The summed E-state index contributed by atoms with van der Waals surface area (Å²) in [7, 11) is 4.52. The number of likely N-dealkylation sites (N-methyl/N-ethyl adjacent to an activating group) is 1. The number of benzene rings is 1. The monoisotopic (exact) mass is 586 g/mol. The number of ether oxygens (including phenoxy) is 2. The predicted molar refractivity (Wildman–Crippen MR) is 152 cm³/mol. The van der Waals surface area contributed by atoms with Gasteiger partial charge in [-0.15, -0.1) is 0 Å². The Balaban J connectivity index is 1.86. The molecule has 212 valence electrons. The van der Waals surface area contributed by atoms with Gasteiger partial charge in [-0.05, 0) is 49.7 Å². The van der Waals surface area contributed by atoms with E-state index in [1.807, 2.05) is 25.2 Å². The molecule has 0 aliphatic carbocycles. The van der Waals surface area contributed by atoms with Gasteiger partial charge in [0, 0.05) is 59.7 Å². The fourth-order valence-corrected chi connectivity index (χ4v) is 5.80. The first-order chi connectivity index (χ1) is 19.2. The highest BCUT2D eigenvalue weighted by Gasteiger charge is 2.46. The van der Waals surface area contributed by atoms with Crippen LogP contribution in [-0.4, -0.2) is 85.8 Å². The molecule has 1 amide bonds. The van der Waals surface area contributed by atoms with Crippen LogP contribution >= 0.6 is 23.2 Å². The lowest BCUT2D eigenvalue weighted by molar-refractivity contribution is -0.143. The molecule has 2 aromatic rings. The lowest BCUT2D eigenvalue weighted by Crippen LogP contribution is -2.48. The number of methoxy groups -OCH3 is 2. The second kappa shape index (κ2) is 13.4. The molecular weight excluding hydrogens is 555 g/mol. The number of hydrogen-bond acceptors (Lipinski definition) is 8. The molecule has 3 heterocycles. The number of aromatic nitrogens is 1. The standard InChI is InChI=1S/C29H32Cl2N4O5/c1-34-13-15-35(16-14-34)23(36)17-22-26(29(38)40-3)27(24-19(30)8-6-9-20(24)31)25(28(37)39-2)21(33-22)11-10-18-7-4-5-12-32-18/h4-9,12,26-27H,10-11,13-17H2,1-3H3. The average molecular weight is 588 g/mol. The lowest BCUT2D eigenvalue weighted by atomic mass is 9.73. The van der Waals surface area contributed by atoms with E-state index in [1.54, 1.807) is 29.3 Å². The largest absolute Gasteiger partial charge is 0.468 e.